The first-order valence-corrected chi connectivity index (χ1v) is 11.9. The third kappa shape index (κ3) is 4.04. The average Bonchev–Trinajstić information content (AvgIpc) is 3.24. The van der Waals surface area contributed by atoms with Gasteiger partial charge in [-0.25, -0.2) is 0 Å². The monoisotopic (exact) mass is 480 g/mol. The van der Waals surface area contributed by atoms with Crippen molar-refractivity contribution in [2.24, 2.45) is 5.10 Å². The zero-order valence-electron chi connectivity index (χ0n) is 20.0. The summed E-state index contributed by atoms with van der Waals surface area (Å²) in [6.45, 7) is 9.51. The van der Waals surface area contributed by atoms with E-state index in [1.807, 2.05) is 57.2 Å². The fourth-order valence-corrected chi connectivity index (χ4v) is 5.79. The zero-order chi connectivity index (χ0) is 24.6. The molecule has 2 aromatic rings. The highest BCUT2D eigenvalue weighted by atomic mass is 32.2. The minimum absolute atomic E-state index is 0.228. The largest absolute Gasteiger partial charge is 0.493 e. The van der Waals surface area contributed by atoms with Crippen molar-refractivity contribution in [2.45, 2.75) is 45.9 Å². The molecule has 9 heteroatoms. The summed E-state index contributed by atoms with van der Waals surface area (Å²) in [7, 11) is 0. The first kappa shape index (κ1) is 23.8. The average molecular weight is 481 g/mol. The van der Waals surface area contributed by atoms with Gasteiger partial charge in [0.1, 0.15) is 5.75 Å². The zero-order valence-corrected chi connectivity index (χ0v) is 20.8. The van der Waals surface area contributed by atoms with Crippen molar-refractivity contribution in [1.29, 1.82) is 0 Å². The lowest BCUT2D eigenvalue weighted by molar-refractivity contribution is -0.139. The van der Waals surface area contributed by atoms with Gasteiger partial charge in [-0.05, 0) is 56.1 Å². The molecule has 0 aliphatic carbocycles. The van der Waals surface area contributed by atoms with Gasteiger partial charge in [-0.3, -0.25) is 14.4 Å². The minimum atomic E-state index is -1.38. The second-order valence-corrected chi connectivity index (χ2v) is 9.75. The fraction of sp³-hybridized carbons (Fsp3) is 0.360. The molecule has 3 amide bonds. The molecule has 0 saturated carbocycles. The van der Waals surface area contributed by atoms with Crippen LogP contribution in [0.1, 0.15) is 42.5 Å². The lowest BCUT2D eigenvalue weighted by Gasteiger charge is -2.29. The van der Waals surface area contributed by atoms with Crippen LogP contribution >= 0.6 is 11.8 Å². The number of aryl methyl sites for hydroxylation is 3. The summed E-state index contributed by atoms with van der Waals surface area (Å²) in [4.78, 5) is 38.6. The van der Waals surface area contributed by atoms with Crippen LogP contribution in [0.25, 0.3) is 0 Å². The van der Waals surface area contributed by atoms with Crippen molar-refractivity contribution in [3.05, 3.63) is 58.7 Å². The quantitative estimate of drug-likeness (QED) is 0.661. The summed E-state index contributed by atoms with van der Waals surface area (Å²) in [5.74, 6) is -0.128. The van der Waals surface area contributed by atoms with Crippen LogP contribution in [0, 0.1) is 20.8 Å². The Kier molecular flexibility index (Phi) is 6.40. The number of ether oxygens (including phenoxy) is 1. The van der Waals surface area contributed by atoms with Gasteiger partial charge in [-0.1, -0.05) is 35.9 Å². The van der Waals surface area contributed by atoms with E-state index in [4.69, 9.17) is 4.74 Å². The third-order valence-corrected chi connectivity index (χ3v) is 7.05. The molecule has 0 bridgehead atoms. The van der Waals surface area contributed by atoms with E-state index in [0.29, 0.717) is 25.1 Å². The van der Waals surface area contributed by atoms with Crippen molar-refractivity contribution in [3.8, 4) is 5.75 Å². The number of carbonyl (C=O) groups excluding carboxylic acids is 3. The number of hydrazone groups is 1. The highest BCUT2D eigenvalue weighted by molar-refractivity contribution is 8.15. The highest BCUT2D eigenvalue weighted by Gasteiger charge is 2.61. The molecule has 178 valence electrons. The van der Waals surface area contributed by atoms with Gasteiger partial charge < -0.3 is 15.0 Å². The molecule has 1 unspecified atom stereocenters. The predicted molar refractivity (Wildman–Crippen MR) is 133 cm³/mol. The summed E-state index contributed by atoms with van der Waals surface area (Å²) in [5, 5.41) is 8.38. The molecule has 34 heavy (non-hydrogen) atoms. The van der Waals surface area contributed by atoms with E-state index in [1.165, 1.54) is 18.9 Å². The Morgan fingerprint density at radius 3 is 2.53 bits per heavy atom. The summed E-state index contributed by atoms with van der Waals surface area (Å²) in [5.41, 5.74) is 4.46. The van der Waals surface area contributed by atoms with Gasteiger partial charge in [-0.2, -0.15) is 5.01 Å². The minimum Gasteiger partial charge on any atom is -0.493 e. The SMILES string of the molecule is CC(=O)NC1=NN(C(C)=O)C2(S1)C(=O)N(CCCOc1ccccc1C)c1c(C)cc(C)cc12. The molecule has 1 atom stereocenters. The number of para-hydroxylation sites is 1. The van der Waals surface area contributed by atoms with Gasteiger partial charge in [0.2, 0.25) is 16.7 Å². The number of amides is 3. The van der Waals surface area contributed by atoms with Crippen molar-refractivity contribution in [3.63, 3.8) is 0 Å². The summed E-state index contributed by atoms with van der Waals surface area (Å²) >= 11 is 1.10. The Labute approximate surface area is 203 Å². The molecular weight excluding hydrogens is 452 g/mol. The van der Waals surface area contributed by atoms with Crippen molar-refractivity contribution in [2.75, 3.05) is 18.1 Å². The number of benzene rings is 2. The van der Waals surface area contributed by atoms with Crippen LogP contribution in [0.15, 0.2) is 41.5 Å². The maximum atomic E-state index is 14.0. The van der Waals surface area contributed by atoms with Gasteiger partial charge in [0.15, 0.2) is 5.17 Å². The number of hydrogen-bond donors (Lipinski definition) is 1. The third-order valence-electron chi connectivity index (χ3n) is 5.81. The molecule has 1 spiro atoms. The van der Waals surface area contributed by atoms with Crippen LogP contribution in [0.2, 0.25) is 0 Å². The number of nitrogens with zero attached hydrogens (tertiary/aromatic N) is 3. The van der Waals surface area contributed by atoms with E-state index in [0.717, 1.165) is 39.9 Å². The summed E-state index contributed by atoms with van der Waals surface area (Å²) < 4.78 is 5.93. The van der Waals surface area contributed by atoms with Gasteiger partial charge in [-0.15, -0.1) is 5.10 Å². The smallest absolute Gasteiger partial charge is 0.270 e. The molecule has 0 saturated heterocycles. The van der Waals surface area contributed by atoms with Crippen LogP contribution < -0.4 is 15.0 Å². The van der Waals surface area contributed by atoms with Crippen LogP contribution in [0.3, 0.4) is 0 Å². The first-order chi connectivity index (χ1) is 16.1. The van der Waals surface area contributed by atoms with Crippen LogP contribution in [0.5, 0.6) is 5.75 Å². The van der Waals surface area contributed by atoms with E-state index in [9.17, 15) is 14.4 Å². The maximum absolute atomic E-state index is 14.0. The van der Waals surface area contributed by atoms with Crippen molar-refractivity contribution in [1.82, 2.24) is 10.3 Å². The van der Waals surface area contributed by atoms with Gasteiger partial charge >= 0.3 is 0 Å². The Morgan fingerprint density at radius 2 is 1.85 bits per heavy atom. The second-order valence-electron chi connectivity index (χ2n) is 8.57. The highest BCUT2D eigenvalue weighted by Crippen LogP contribution is 2.55. The molecule has 8 nitrogen and oxygen atoms in total. The summed E-state index contributed by atoms with van der Waals surface area (Å²) in [6, 6.07) is 11.8. The van der Waals surface area contributed by atoms with E-state index >= 15 is 0 Å². The fourth-order valence-electron chi connectivity index (χ4n) is 4.47. The Hall–Kier alpha value is -3.33. The lowest BCUT2D eigenvalue weighted by atomic mass is 10.0. The lowest BCUT2D eigenvalue weighted by Crippen LogP contribution is -2.48. The number of nitrogens with one attached hydrogen (secondary N) is 1. The van der Waals surface area contributed by atoms with Gasteiger partial charge in [0.25, 0.3) is 5.91 Å². The standard InChI is InChI=1S/C25H28N4O4S/c1-15-13-17(3)22-20(14-15)25(29(19(5)31)27-24(34-25)26-18(4)30)23(32)28(22)11-8-12-33-21-10-7-6-9-16(21)2/h6-7,9-10,13-14H,8,11-12H2,1-5H3,(H,26,27,30). The van der Waals surface area contributed by atoms with Gasteiger partial charge in [0, 0.05) is 26.0 Å². The van der Waals surface area contributed by atoms with E-state index in [-0.39, 0.29) is 22.9 Å². The number of rotatable bonds is 5. The van der Waals surface area contributed by atoms with Crippen LogP contribution in [-0.4, -0.2) is 41.0 Å². The van der Waals surface area contributed by atoms with Crippen molar-refractivity contribution >= 4 is 40.3 Å². The topological polar surface area (TPSA) is 91.3 Å². The molecule has 1 N–H and O–H groups in total. The Balaban J connectivity index is 1.64. The van der Waals surface area contributed by atoms with E-state index in [2.05, 4.69) is 10.4 Å². The number of amidine groups is 1. The van der Waals surface area contributed by atoms with Crippen LogP contribution in [-0.2, 0) is 19.3 Å². The molecule has 2 aromatic carbocycles. The molecular formula is C25H28N4O4S. The molecule has 0 radical (unpaired) electrons. The molecule has 0 fully saturated rings. The second kappa shape index (κ2) is 9.13. The molecule has 4 rings (SSSR count). The number of thioether (sulfide) groups is 1. The molecule has 2 aliphatic heterocycles. The Bertz CT molecular complexity index is 1210. The van der Waals surface area contributed by atoms with Crippen LogP contribution in [0.4, 0.5) is 5.69 Å². The van der Waals surface area contributed by atoms with E-state index < -0.39 is 4.87 Å². The number of anilines is 1. The normalized spacial score (nSPS) is 18.9. The van der Waals surface area contributed by atoms with Gasteiger partial charge in [0.05, 0.1) is 12.3 Å². The maximum Gasteiger partial charge on any atom is 0.270 e. The molecule has 2 aliphatic rings. The number of fused-ring (bicyclic) bond motifs is 2. The molecule has 0 aromatic heterocycles. The van der Waals surface area contributed by atoms with Crippen molar-refractivity contribution < 1.29 is 19.1 Å². The predicted octanol–water partition coefficient (Wildman–Crippen LogP) is 3.58. The summed E-state index contributed by atoms with van der Waals surface area (Å²) in [6.07, 6.45) is 0.604. The number of hydrogen-bond acceptors (Lipinski definition) is 6. The first-order valence-electron chi connectivity index (χ1n) is 11.1. The Morgan fingerprint density at radius 1 is 1.12 bits per heavy atom. The number of carbonyl (C=O) groups is 3. The van der Waals surface area contributed by atoms with E-state index in [1.54, 1.807) is 4.90 Å². The molecule has 2 heterocycles.